The molecule has 1 rings (SSSR count). The highest BCUT2D eigenvalue weighted by atomic mass is 19.3. The van der Waals surface area contributed by atoms with E-state index in [1.54, 1.807) is 0 Å². The van der Waals surface area contributed by atoms with Gasteiger partial charge in [0.05, 0.1) is 5.56 Å². The number of hydrogen-bond donors (Lipinski definition) is 1. The van der Waals surface area contributed by atoms with Gasteiger partial charge < -0.3 is 5.11 Å². The first-order chi connectivity index (χ1) is 6.43. The number of hydrogen-bond acceptors (Lipinski definition) is 2. The van der Waals surface area contributed by atoms with Gasteiger partial charge in [0.2, 0.25) is 5.95 Å². The minimum absolute atomic E-state index is 0.106. The van der Waals surface area contributed by atoms with Crippen molar-refractivity contribution in [1.82, 2.24) is 4.98 Å². The van der Waals surface area contributed by atoms with Gasteiger partial charge >= 0.3 is 5.97 Å². The Balaban J connectivity index is 3.39. The number of aryl methyl sites for hydroxylation is 1. The van der Waals surface area contributed by atoms with Crippen LogP contribution in [-0.2, 0) is 0 Å². The van der Waals surface area contributed by atoms with Gasteiger partial charge in [0, 0.05) is 5.56 Å². The molecule has 76 valence electrons. The van der Waals surface area contributed by atoms with Crippen LogP contribution in [0.25, 0.3) is 0 Å². The molecular weight excluding hydrogens is 199 g/mol. The fourth-order valence-corrected chi connectivity index (χ4v) is 0.950. The van der Waals surface area contributed by atoms with Gasteiger partial charge in [0.25, 0.3) is 6.43 Å². The molecule has 0 saturated heterocycles. The van der Waals surface area contributed by atoms with Gasteiger partial charge in [0.15, 0.2) is 5.69 Å². The number of halogens is 3. The van der Waals surface area contributed by atoms with Crippen molar-refractivity contribution in [1.29, 1.82) is 0 Å². The number of pyridine rings is 1. The Morgan fingerprint density at radius 3 is 2.57 bits per heavy atom. The summed E-state index contributed by atoms with van der Waals surface area (Å²) >= 11 is 0. The fourth-order valence-electron chi connectivity index (χ4n) is 0.950. The Labute approximate surface area is 77.2 Å². The lowest BCUT2D eigenvalue weighted by Crippen LogP contribution is -2.09. The number of carbonyl (C=O) groups is 1. The zero-order chi connectivity index (χ0) is 10.9. The highest BCUT2D eigenvalue weighted by Gasteiger charge is 2.21. The third kappa shape index (κ3) is 1.84. The lowest BCUT2D eigenvalue weighted by molar-refractivity contribution is 0.0675. The van der Waals surface area contributed by atoms with Gasteiger partial charge in [-0.25, -0.2) is 18.6 Å². The fraction of sp³-hybridized carbons (Fsp3) is 0.250. The minimum atomic E-state index is -2.98. The van der Waals surface area contributed by atoms with Crippen molar-refractivity contribution >= 4 is 5.97 Å². The molecular formula is C8H6F3NO2. The summed E-state index contributed by atoms with van der Waals surface area (Å²) < 4.78 is 37.3. The predicted octanol–water partition coefficient (Wildman–Crippen LogP) is 2.16. The normalized spacial score (nSPS) is 10.6. The summed E-state index contributed by atoms with van der Waals surface area (Å²) in [5.41, 5.74) is -1.81. The van der Waals surface area contributed by atoms with Crippen LogP contribution in [0.4, 0.5) is 13.2 Å². The standard InChI is InChI=1S/C8H6F3NO2/c1-3-2-4(6(9)10)5(8(13)14)12-7(3)11/h2,6H,1H3,(H,13,14). The highest BCUT2D eigenvalue weighted by molar-refractivity contribution is 5.87. The second kappa shape index (κ2) is 3.65. The van der Waals surface area contributed by atoms with Crippen LogP contribution in [0.1, 0.15) is 28.0 Å². The van der Waals surface area contributed by atoms with Crippen molar-refractivity contribution in [3.8, 4) is 0 Å². The van der Waals surface area contributed by atoms with Gasteiger partial charge in [-0.2, -0.15) is 4.39 Å². The largest absolute Gasteiger partial charge is 0.476 e. The molecule has 6 heteroatoms. The molecule has 14 heavy (non-hydrogen) atoms. The van der Waals surface area contributed by atoms with Gasteiger partial charge in [-0.3, -0.25) is 0 Å². The van der Waals surface area contributed by atoms with E-state index in [-0.39, 0.29) is 5.56 Å². The summed E-state index contributed by atoms with van der Waals surface area (Å²) in [7, 11) is 0. The summed E-state index contributed by atoms with van der Waals surface area (Å²) in [6, 6.07) is 0.788. The summed E-state index contributed by atoms with van der Waals surface area (Å²) in [6.45, 7) is 1.24. The molecule has 0 spiro atoms. The molecule has 0 saturated carbocycles. The van der Waals surface area contributed by atoms with Crippen molar-refractivity contribution in [2.75, 3.05) is 0 Å². The molecule has 0 bridgehead atoms. The van der Waals surface area contributed by atoms with Crippen molar-refractivity contribution in [2.45, 2.75) is 13.3 Å². The second-order valence-corrected chi connectivity index (χ2v) is 2.64. The molecule has 0 aliphatic rings. The van der Waals surface area contributed by atoms with Crippen LogP contribution in [0.5, 0.6) is 0 Å². The van der Waals surface area contributed by atoms with E-state index in [4.69, 9.17) is 5.11 Å². The molecule has 0 aliphatic carbocycles. The van der Waals surface area contributed by atoms with E-state index < -0.39 is 29.6 Å². The van der Waals surface area contributed by atoms with E-state index in [0.717, 1.165) is 6.07 Å². The summed E-state index contributed by atoms with van der Waals surface area (Å²) in [5.74, 6) is -2.72. The Morgan fingerprint density at radius 1 is 1.57 bits per heavy atom. The molecule has 0 radical (unpaired) electrons. The van der Waals surface area contributed by atoms with Gasteiger partial charge in [0.1, 0.15) is 0 Å². The van der Waals surface area contributed by atoms with E-state index in [9.17, 15) is 18.0 Å². The molecule has 1 N–H and O–H groups in total. The molecule has 1 aromatic rings. The van der Waals surface area contributed by atoms with Gasteiger partial charge in [-0.1, -0.05) is 0 Å². The van der Waals surface area contributed by atoms with Crippen LogP contribution in [0.3, 0.4) is 0 Å². The van der Waals surface area contributed by atoms with E-state index in [1.165, 1.54) is 6.92 Å². The number of nitrogens with zero attached hydrogens (tertiary/aromatic N) is 1. The van der Waals surface area contributed by atoms with E-state index >= 15 is 0 Å². The first-order valence-electron chi connectivity index (χ1n) is 3.62. The SMILES string of the molecule is Cc1cc(C(F)F)c(C(=O)O)nc1F. The third-order valence-electron chi connectivity index (χ3n) is 1.62. The van der Waals surface area contributed by atoms with Crippen molar-refractivity contribution < 1.29 is 23.1 Å². The smallest absolute Gasteiger partial charge is 0.355 e. The molecule has 0 amide bonds. The van der Waals surface area contributed by atoms with Crippen molar-refractivity contribution in [3.63, 3.8) is 0 Å². The van der Waals surface area contributed by atoms with E-state index in [0.29, 0.717) is 0 Å². The Bertz CT molecular complexity index is 379. The van der Waals surface area contributed by atoms with Crippen LogP contribution in [0.2, 0.25) is 0 Å². The Kier molecular flexibility index (Phi) is 2.73. The lowest BCUT2D eigenvalue weighted by atomic mass is 10.1. The maximum atomic E-state index is 12.8. The maximum absolute atomic E-state index is 12.8. The molecule has 0 fully saturated rings. The summed E-state index contributed by atoms with van der Waals surface area (Å²) in [5, 5.41) is 8.47. The number of aromatic carboxylic acids is 1. The van der Waals surface area contributed by atoms with Crippen LogP contribution in [0.15, 0.2) is 6.07 Å². The second-order valence-electron chi connectivity index (χ2n) is 2.64. The predicted molar refractivity (Wildman–Crippen MR) is 40.8 cm³/mol. The first kappa shape index (κ1) is 10.5. The summed E-state index contributed by atoms with van der Waals surface area (Å²) in [4.78, 5) is 13.4. The average molecular weight is 205 g/mol. The topological polar surface area (TPSA) is 50.2 Å². The molecule has 1 heterocycles. The first-order valence-corrected chi connectivity index (χ1v) is 3.62. The number of carboxylic acids is 1. The average Bonchev–Trinajstić information content (AvgIpc) is 2.08. The minimum Gasteiger partial charge on any atom is -0.476 e. The molecule has 0 atom stereocenters. The highest BCUT2D eigenvalue weighted by Crippen LogP contribution is 2.23. The van der Waals surface area contributed by atoms with Crippen molar-refractivity contribution in [3.05, 3.63) is 28.8 Å². The molecule has 0 unspecified atom stereocenters. The van der Waals surface area contributed by atoms with Crippen molar-refractivity contribution in [2.24, 2.45) is 0 Å². The van der Waals surface area contributed by atoms with E-state index in [2.05, 4.69) is 4.98 Å². The molecule has 0 aromatic carbocycles. The molecule has 1 aromatic heterocycles. The van der Waals surface area contributed by atoms with Gasteiger partial charge in [-0.15, -0.1) is 0 Å². The van der Waals surface area contributed by atoms with E-state index in [1.807, 2.05) is 0 Å². The Hall–Kier alpha value is -1.59. The van der Waals surface area contributed by atoms with Crippen LogP contribution >= 0.6 is 0 Å². The zero-order valence-electron chi connectivity index (χ0n) is 7.09. The van der Waals surface area contributed by atoms with Crippen LogP contribution < -0.4 is 0 Å². The maximum Gasteiger partial charge on any atom is 0.355 e. The number of rotatable bonds is 2. The Morgan fingerprint density at radius 2 is 2.14 bits per heavy atom. The number of carboxylic acid groups (broad SMARTS) is 1. The van der Waals surface area contributed by atoms with Crippen LogP contribution in [-0.4, -0.2) is 16.1 Å². The lowest BCUT2D eigenvalue weighted by Gasteiger charge is -2.05. The third-order valence-corrected chi connectivity index (χ3v) is 1.62. The molecule has 0 aliphatic heterocycles. The number of alkyl halides is 2. The summed E-state index contributed by atoms with van der Waals surface area (Å²) in [6.07, 6.45) is -2.98. The monoisotopic (exact) mass is 205 g/mol. The van der Waals surface area contributed by atoms with Crippen LogP contribution in [0, 0.1) is 12.9 Å². The molecule has 3 nitrogen and oxygen atoms in total. The number of aromatic nitrogens is 1. The quantitative estimate of drug-likeness (QED) is 0.752. The van der Waals surface area contributed by atoms with Gasteiger partial charge in [-0.05, 0) is 13.0 Å². The zero-order valence-corrected chi connectivity index (χ0v) is 7.09.